The van der Waals surface area contributed by atoms with Crippen molar-refractivity contribution in [1.82, 2.24) is 20.0 Å². The number of ether oxygens (including phenoxy) is 1. The fourth-order valence-electron chi connectivity index (χ4n) is 2.43. The number of carbonyl (C=O) groups is 2. The van der Waals surface area contributed by atoms with E-state index in [9.17, 15) is 19.1 Å². The molecular weight excluding hydrogens is 373 g/mol. The Hall–Kier alpha value is -2.63. The zero-order valence-electron chi connectivity index (χ0n) is 13.3. The van der Waals surface area contributed by atoms with Gasteiger partial charge < -0.3 is 14.9 Å². The molecule has 12 heteroatoms. The molecule has 0 radical (unpaired) electrons. The van der Waals surface area contributed by atoms with Crippen molar-refractivity contribution in [2.24, 2.45) is 0 Å². The Bertz CT molecular complexity index is 873. The third-order valence-electron chi connectivity index (χ3n) is 3.82. The number of nitrogens with zero attached hydrogens (tertiary/aromatic N) is 5. The van der Waals surface area contributed by atoms with Gasteiger partial charge in [0.25, 0.3) is 5.91 Å². The smallest absolute Gasteiger partial charge is 0.338 e. The number of anilines is 1. The number of amides is 1. The van der Waals surface area contributed by atoms with Gasteiger partial charge in [0.2, 0.25) is 0 Å². The molecule has 0 aromatic carbocycles. The van der Waals surface area contributed by atoms with Crippen molar-refractivity contribution in [3.05, 3.63) is 29.4 Å². The molecule has 0 spiro atoms. The summed E-state index contributed by atoms with van der Waals surface area (Å²) in [6, 6.07) is 1.39. The summed E-state index contributed by atoms with van der Waals surface area (Å²) in [6.45, 7) is 0.768. The van der Waals surface area contributed by atoms with E-state index in [1.165, 1.54) is 12.3 Å². The van der Waals surface area contributed by atoms with Crippen molar-refractivity contribution in [3.8, 4) is 5.69 Å². The molecule has 1 aliphatic rings. The van der Waals surface area contributed by atoms with Crippen molar-refractivity contribution in [2.45, 2.75) is 18.6 Å². The fraction of sp³-hybridized carbons (Fsp3) is 0.357. The number of carboxylic acids is 1. The van der Waals surface area contributed by atoms with Crippen LogP contribution in [0.4, 0.5) is 10.2 Å². The van der Waals surface area contributed by atoms with Crippen LogP contribution in [-0.4, -0.2) is 66.9 Å². The second-order valence-electron chi connectivity index (χ2n) is 5.68. The molecular formula is C14H13ClFN5O5. The highest BCUT2D eigenvalue weighted by Gasteiger charge is 2.49. The molecule has 0 saturated carbocycles. The molecule has 26 heavy (non-hydrogen) atoms. The van der Waals surface area contributed by atoms with Crippen molar-refractivity contribution in [2.75, 3.05) is 18.1 Å². The Morgan fingerprint density at radius 1 is 1.54 bits per heavy atom. The largest absolute Gasteiger partial charge is 0.479 e. The highest BCUT2D eigenvalue weighted by molar-refractivity contribution is 6.29. The minimum Gasteiger partial charge on any atom is -0.479 e. The van der Waals surface area contributed by atoms with E-state index in [1.807, 2.05) is 0 Å². The van der Waals surface area contributed by atoms with E-state index in [0.29, 0.717) is 5.69 Å². The number of carbonyl (C=O) groups excluding carboxylic acids is 1. The van der Waals surface area contributed by atoms with Gasteiger partial charge in [0.1, 0.15) is 0 Å². The second-order valence-corrected chi connectivity index (χ2v) is 6.06. The van der Waals surface area contributed by atoms with Crippen LogP contribution in [0.5, 0.6) is 0 Å². The normalized spacial score (nSPS) is 20.1. The first-order valence-electron chi connectivity index (χ1n) is 7.34. The summed E-state index contributed by atoms with van der Waals surface area (Å²) >= 11 is 5.74. The molecule has 0 aliphatic carbocycles. The Balaban J connectivity index is 1.94. The van der Waals surface area contributed by atoms with Gasteiger partial charge in [-0.25, -0.2) is 13.9 Å². The minimum atomic E-state index is -2.47. The summed E-state index contributed by atoms with van der Waals surface area (Å²) < 4.78 is 20.6. The Morgan fingerprint density at radius 2 is 2.27 bits per heavy atom. The maximum absolute atomic E-state index is 14.4. The van der Waals surface area contributed by atoms with Gasteiger partial charge in [-0.15, -0.1) is 10.2 Å². The number of aliphatic carboxylic acids is 1. The molecule has 0 bridgehead atoms. The number of morpholine rings is 1. The highest BCUT2D eigenvalue weighted by atomic mass is 35.5. The molecule has 1 saturated heterocycles. The second kappa shape index (κ2) is 6.59. The van der Waals surface area contributed by atoms with Crippen molar-refractivity contribution in [1.29, 1.82) is 0 Å². The van der Waals surface area contributed by atoms with E-state index in [1.54, 1.807) is 0 Å². The lowest BCUT2D eigenvalue weighted by molar-refractivity contribution is -0.180. The van der Waals surface area contributed by atoms with Gasteiger partial charge in [-0.1, -0.05) is 11.6 Å². The molecule has 2 N–H and O–H groups in total. The van der Waals surface area contributed by atoms with Crippen LogP contribution in [0.2, 0.25) is 5.15 Å². The quantitative estimate of drug-likeness (QED) is 0.753. The molecule has 3 heterocycles. The summed E-state index contributed by atoms with van der Waals surface area (Å²) in [4.78, 5) is 24.6. The summed E-state index contributed by atoms with van der Waals surface area (Å²) in [7, 11) is 0. The standard InChI is InChI=1S/C14H13ClFN5O5/c1-14(25,13(23)24)10-12(22)20(2-3-26-10)11-8(16)6-21(19-11)7-4-9(15)18-17-5-7/h4-6,10,25H,2-3H2,1H3,(H,23,24)/t10-,14?/m0/s1. The Kier molecular flexibility index (Phi) is 4.61. The first-order valence-corrected chi connectivity index (χ1v) is 7.72. The number of hydrogen-bond donors (Lipinski definition) is 2. The van der Waals surface area contributed by atoms with Gasteiger partial charge in [-0.05, 0) is 6.92 Å². The Labute approximate surface area is 150 Å². The van der Waals surface area contributed by atoms with E-state index in [2.05, 4.69) is 15.3 Å². The first kappa shape index (κ1) is 18.2. The van der Waals surface area contributed by atoms with Crippen LogP contribution in [0.1, 0.15) is 6.92 Å². The maximum Gasteiger partial charge on any atom is 0.338 e. The zero-order valence-corrected chi connectivity index (χ0v) is 14.1. The molecule has 1 aliphatic heterocycles. The summed E-state index contributed by atoms with van der Waals surface area (Å²) in [5.74, 6) is -3.72. The number of hydrogen-bond acceptors (Lipinski definition) is 7. The van der Waals surface area contributed by atoms with Gasteiger partial charge >= 0.3 is 5.97 Å². The summed E-state index contributed by atoms with van der Waals surface area (Å²) in [5, 5.41) is 30.3. The number of aliphatic hydroxyl groups is 1. The third kappa shape index (κ3) is 3.11. The van der Waals surface area contributed by atoms with E-state index >= 15 is 0 Å². The van der Waals surface area contributed by atoms with Crippen LogP contribution in [-0.2, 0) is 14.3 Å². The third-order valence-corrected chi connectivity index (χ3v) is 4.00. The molecule has 2 aromatic rings. The molecule has 1 unspecified atom stereocenters. The molecule has 3 rings (SSSR count). The van der Waals surface area contributed by atoms with Crippen molar-refractivity contribution >= 4 is 29.3 Å². The zero-order chi connectivity index (χ0) is 19.1. The van der Waals surface area contributed by atoms with Gasteiger partial charge in [0.05, 0.1) is 31.2 Å². The highest BCUT2D eigenvalue weighted by Crippen LogP contribution is 2.26. The molecule has 2 atom stereocenters. The number of rotatable bonds is 4. The molecule has 2 aromatic heterocycles. The van der Waals surface area contributed by atoms with E-state index in [0.717, 1.165) is 22.7 Å². The number of aromatic nitrogens is 4. The van der Waals surface area contributed by atoms with E-state index in [-0.39, 0.29) is 24.1 Å². The average Bonchev–Trinajstić information content (AvgIpc) is 2.96. The van der Waals surface area contributed by atoms with Crippen LogP contribution in [0.15, 0.2) is 18.5 Å². The SMILES string of the molecule is CC(O)(C(=O)O)[C@H]1OCCN(c2nn(-c3cnnc(Cl)c3)cc2F)C1=O. The summed E-state index contributed by atoms with van der Waals surface area (Å²) in [6.07, 6.45) is 0.604. The van der Waals surface area contributed by atoms with Gasteiger partial charge in [0, 0.05) is 6.07 Å². The van der Waals surface area contributed by atoms with Gasteiger partial charge in [-0.3, -0.25) is 9.69 Å². The minimum absolute atomic E-state index is 0.0612. The predicted octanol–water partition coefficient (Wildman–Crippen LogP) is 0.0222. The van der Waals surface area contributed by atoms with Crippen LogP contribution in [0.3, 0.4) is 0 Å². The topological polar surface area (TPSA) is 131 Å². The average molecular weight is 386 g/mol. The summed E-state index contributed by atoms with van der Waals surface area (Å²) in [5.41, 5.74) is -2.16. The van der Waals surface area contributed by atoms with Crippen LogP contribution < -0.4 is 4.90 Å². The lowest BCUT2D eigenvalue weighted by Gasteiger charge is -2.36. The lowest BCUT2D eigenvalue weighted by Crippen LogP contribution is -2.60. The van der Waals surface area contributed by atoms with Crippen molar-refractivity contribution < 1.29 is 28.9 Å². The van der Waals surface area contributed by atoms with Crippen LogP contribution in [0, 0.1) is 5.82 Å². The van der Waals surface area contributed by atoms with E-state index in [4.69, 9.17) is 21.4 Å². The molecule has 10 nitrogen and oxygen atoms in total. The van der Waals surface area contributed by atoms with E-state index < -0.39 is 29.4 Å². The van der Waals surface area contributed by atoms with Crippen LogP contribution in [0.25, 0.3) is 5.69 Å². The molecule has 1 fully saturated rings. The first-order chi connectivity index (χ1) is 12.2. The molecule has 1 amide bonds. The molecule has 138 valence electrons. The maximum atomic E-state index is 14.4. The van der Waals surface area contributed by atoms with Gasteiger partial charge in [-0.2, -0.15) is 5.10 Å². The predicted molar refractivity (Wildman–Crippen MR) is 84.5 cm³/mol. The monoisotopic (exact) mass is 385 g/mol. The Morgan fingerprint density at radius 3 is 2.92 bits per heavy atom. The van der Waals surface area contributed by atoms with Gasteiger partial charge in [0.15, 0.2) is 28.5 Å². The van der Waals surface area contributed by atoms with Crippen molar-refractivity contribution in [3.63, 3.8) is 0 Å². The fourth-order valence-corrected chi connectivity index (χ4v) is 2.58. The number of carboxylic acid groups (broad SMARTS) is 1. The van der Waals surface area contributed by atoms with Crippen LogP contribution >= 0.6 is 11.6 Å². The lowest BCUT2D eigenvalue weighted by atomic mass is 9.97. The number of halogens is 2.